The van der Waals surface area contributed by atoms with Crippen molar-refractivity contribution in [3.05, 3.63) is 90.3 Å². The number of hydrogen-bond donors (Lipinski definition) is 2. The molecule has 1 amide bonds. The Bertz CT molecular complexity index is 1110. The van der Waals surface area contributed by atoms with E-state index in [-0.39, 0.29) is 11.7 Å². The minimum absolute atomic E-state index is 0.303. The molecular weight excluding hydrogens is 341 g/mol. The third-order valence-electron chi connectivity index (χ3n) is 4.11. The van der Waals surface area contributed by atoms with Gasteiger partial charge >= 0.3 is 0 Å². The van der Waals surface area contributed by atoms with Crippen LogP contribution in [-0.2, 0) is 4.79 Å². The smallest absolute Gasteiger partial charge is 0.248 e. The number of nitrogens with zero attached hydrogens (tertiary/aromatic N) is 1. The Morgan fingerprint density at radius 2 is 1.81 bits per heavy atom. The maximum absolute atomic E-state index is 13.2. The van der Waals surface area contributed by atoms with Crippen LogP contribution in [0.5, 0.6) is 0 Å². The quantitative estimate of drug-likeness (QED) is 0.504. The van der Waals surface area contributed by atoms with Crippen molar-refractivity contribution < 1.29 is 9.18 Å². The van der Waals surface area contributed by atoms with E-state index in [1.807, 2.05) is 48.5 Å². The van der Waals surface area contributed by atoms with E-state index in [0.29, 0.717) is 17.1 Å². The summed E-state index contributed by atoms with van der Waals surface area (Å²) in [5, 5.41) is 2.86. The lowest BCUT2D eigenvalue weighted by Gasteiger charge is -2.07. The number of aromatic amines is 1. The Morgan fingerprint density at radius 3 is 2.67 bits per heavy atom. The van der Waals surface area contributed by atoms with Crippen molar-refractivity contribution in [1.82, 2.24) is 9.97 Å². The number of aromatic nitrogens is 2. The fourth-order valence-corrected chi connectivity index (χ4v) is 2.84. The number of H-pyrrole nitrogens is 1. The molecule has 0 bridgehead atoms. The maximum Gasteiger partial charge on any atom is 0.248 e. The minimum atomic E-state index is -0.340. The first-order valence-corrected chi connectivity index (χ1v) is 8.48. The standard InChI is InChI=1S/C22H16FN3O/c23-16-7-5-6-15(14-16)12-13-21(27)24-18-9-2-1-8-17(18)22-25-19-10-3-4-11-20(19)26-22/h1-14H,(H,24,27)(H,25,26). The molecule has 0 aliphatic carbocycles. The van der Waals surface area contributed by atoms with Gasteiger partial charge in [-0.2, -0.15) is 0 Å². The Morgan fingerprint density at radius 1 is 1.00 bits per heavy atom. The summed E-state index contributed by atoms with van der Waals surface area (Å²) in [4.78, 5) is 20.2. The van der Waals surface area contributed by atoms with Crippen LogP contribution in [-0.4, -0.2) is 15.9 Å². The van der Waals surface area contributed by atoms with E-state index in [9.17, 15) is 9.18 Å². The fraction of sp³-hybridized carbons (Fsp3) is 0. The van der Waals surface area contributed by atoms with Crippen molar-refractivity contribution in [2.24, 2.45) is 0 Å². The van der Waals surface area contributed by atoms with Gasteiger partial charge in [0.05, 0.1) is 16.7 Å². The predicted molar refractivity (Wildman–Crippen MR) is 106 cm³/mol. The van der Waals surface area contributed by atoms with Crippen LogP contribution < -0.4 is 5.32 Å². The van der Waals surface area contributed by atoms with Crippen LogP contribution in [0, 0.1) is 5.82 Å². The number of halogens is 1. The lowest BCUT2D eigenvalue weighted by atomic mass is 10.1. The van der Waals surface area contributed by atoms with Gasteiger partial charge in [0.25, 0.3) is 0 Å². The number of imidazole rings is 1. The number of fused-ring (bicyclic) bond motifs is 1. The minimum Gasteiger partial charge on any atom is -0.338 e. The third-order valence-corrected chi connectivity index (χ3v) is 4.11. The van der Waals surface area contributed by atoms with Crippen LogP contribution in [0.3, 0.4) is 0 Å². The van der Waals surface area contributed by atoms with Gasteiger partial charge in [-0.3, -0.25) is 4.79 Å². The zero-order valence-corrected chi connectivity index (χ0v) is 14.3. The Hall–Kier alpha value is -3.73. The lowest BCUT2D eigenvalue weighted by Crippen LogP contribution is -2.08. The molecule has 0 unspecified atom stereocenters. The van der Waals surface area contributed by atoms with Gasteiger partial charge in [-0.1, -0.05) is 36.4 Å². The molecule has 132 valence electrons. The van der Waals surface area contributed by atoms with Gasteiger partial charge in [0.1, 0.15) is 11.6 Å². The molecule has 2 N–H and O–H groups in total. The van der Waals surface area contributed by atoms with Crippen LogP contribution in [0.1, 0.15) is 5.56 Å². The second-order valence-electron chi connectivity index (χ2n) is 6.03. The third kappa shape index (κ3) is 3.77. The summed E-state index contributed by atoms with van der Waals surface area (Å²) in [5.41, 5.74) is 3.85. The van der Waals surface area contributed by atoms with Crippen molar-refractivity contribution in [1.29, 1.82) is 0 Å². The first-order valence-electron chi connectivity index (χ1n) is 8.48. The zero-order valence-electron chi connectivity index (χ0n) is 14.3. The van der Waals surface area contributed by atoms with Crippen molar-refractivity contribution >= 4 is 28.7 Å². The molecule has 0 saturated heterocycles. The van der Waals surface area contributed by atoms with E-state index in [1.54, 1.807) is 18.2 Å². The summed E-state index contributed by atoms with van der Waals surface area (Å²) in [7, 11) is 0. The molecule has 0 aliphatic rings. The fourth-order valence-electron chi connectivity index (χ4n) is 2.84. The van der Waals surface area contributed by atoms with Gasteiger partial charge in [0.2, 0.25) is 5.91 Å². The average Bonchev–Trinajstić information content (AvgIpc) is 3.11. The number of amides is 1. The molecule has 0 radical (unpaired) electrons. The molecule has 3 aromatic carbocycles. The van der Waals surface area contributed by atoms with Crippen LogP contribution in [0.25, 0.3) is 28.5 Å². The molecule has 0 spiro atoms. The lowest BCUT2D eigenvalue weighted by molar-refractivity contribution is -0.111. The largest absolute Gasteiger partial charge is 0.338 e. The molecule has 5 heteroatoms. The second kappa shape index (κ2) is 7.25. The number of carbonyl (C=O) groups excluding carboxylic acids is 1. The monoisotopic (exact) mass is 357 g/mol. The highest BCUT2D eigenvalue weighted by Crippen LogP contribution is 2.27. The summed E-state index contributed by atoms with van der Waals surface area (Å²) < 4.78 is 13.2. The predicted octanol–water partition coefficient (Wildman–Crippen LogP) is 5.02. The summed E-state index contributed by atoms with van der Waals surface area (Å²) in [6.45, 7) is 0. The normalized spacial score (nSPS) is 11.1. The van der Waals surface area contributed by atoms with Gasteiger partial charge in [0.15, 0.2) is 0 Å². The summed E-state index contributed by atoms with van der Waals surface area (Å²) in [6.07, 6.45) is 2.95. The Balaban J connectivity index is 1.58. The van der Waals surface area contributed by atoms with E-state index in [4.69, 9.17) is 0 Å². The van der Waals surface area contributed by atoms with Crippen LogP contribution in [0.4, 0.5) is 10.1 Å². The average molecular weight is 357 g/mol. The summed E-state index contributed by atoms with van der Waals surface area (Å²) >= 11 is 0. The van der Waals surface area contributed by atoms with Gasteiger partial charge < -0.3 is 10.3 Å². The number of nitrogens with one attached hydrogen (secondary N) is 2. The van der Waals surface area contributed by atoms with Gasteiger partial charge in [0, 0.05) is 11.6 Å². The number of hydrogen-bond acceptors (Lipinski definition) is 2. The molecule has 4 nitrogen and oxygen atoms in total. The van der Waals surface area contributed by atoms with E-state index >= 15 is 0 Å². The van der Waals surface area contributed by atoms with Crippen LogP contribution in [0.2, 0.25) is 0 Å². The molecule has 0 fully saturated rings. The van der Waals surface area contributed by atoms with E-state index < -0.39 is 0 Å². The Kier molecular flexibility index (Phi) is 4.49. The number of anilines is 1. The van der Waals surface area contributed by atoms with Crippen molar-refractivity contribution in [3.63, 3.8) is 0 Å². The molecular formula is C22H16FN3O. The Labute approximate surface area is 155 Å². The van der Waals surface area contributed by atoms with Crippen molar-refractivity contribution in [2.45, 2.75) is 0 Å². The number of rotatable bonds is 4. The van der Waals surface area contributed by atoms with Crippen molar-refractivity contribution in [3.8, 4) is 11.4 Å². The van der Waals surface area contributed by atoms with E-state index in [1.165, 1.54) is 18.2 Å². The topological polar surface area (TPSA) is 57.8 Å². The van der Waals surface area contributed by atoms with Gasteiger partial charge in [-0.05, 0) is 48.0 Å². The molecule has 1 heterocycles. The highest BCUT2D eigenvalue weighted by Gasteiger charge is 2.10. The summed E-state index contributed by atoms with van der Waals surface area (Å²) in [5.74, 6) is 0.0387. The highest BCUT2D eigenvalue weighted by atomic mass is 19.1. The number of para-hydroxylation sites is 3. The number of carbonyl (C=O) groups is 1. The summed E-state index contributed by atoms with van der Waals surface area (Å²) in [6, 6.07) is 21.3. The van der Waals surface area contributed by atoms with Gasteiger partial charge in [-0.15, -0.1) is 0 Å². The maximum atomic E-state index is 13.2. The second-order valence-corrected chi connectivity index (χ2v) is 6.03. The van der Waals surface area contributed by atoms with Gasteiger partial charge in [-0.25, -0.2) is 9.37 Å². The van der Waals surface area contributed by atoms with E-state index in [0.717, 1.165) is 16.6 Å². The molecule has 0 saturated carbocycles. The first-order chi connectivity index (χ1) is 13.2. The molecule has 0 aliphatic heterocycles. The molecule has 0 atom stereocenters. The number of benzene rings is 3. The van der Waals surface area contributed by atoms with E-state index in [2.05, 4.69) is 15.3 Å². The molecule has 27 heavy (non-hydrogen) atoms. The first kappa shape index (κ1) is 16.7. The van der Waals surface area contributed by atoms with Crippen LogP contribution >= 0.6 is 0 Å². The highest BCUT2D eigenvalue weighted by molar-refractivity contribution is 6.04. The molecule has 4 aromatic rings. The molecule has 1 aromatic heterocycles. The molecule has 4 rings (SSSR count). The zero-order chi connectivity index (χ0) is 18.6. The van der Waals surface area contributed by atoms with Crippen LogP contribution in [0.15, 0.2) is 78.9 Å². The SMILES string of the molecule is O=C(C=Cc1cccc(F)c1)Nc1ccccc1-c1nc2ccccc2[nH]1. The van der Waals surface area contributed by atoms with Crippen molar-refractivity contribution in [2.75, 3.05) is 5.32 Å².